The molecule has 1 atom stereocenters. The van der Waals surface area contributed by atoms with Gasteiger partial charge in [-0.2, -0.15) is 5.10 Å². The number of morpholine rings is 1. The topological polar surface area (TPSA) is 42.3 Å². The number of hydrogen-bond acceptors (Lipinski definition) is 4. The summed E-state index contributed by atoms with van der Waals surface area (Å²) in [5.74, 6) is 0. The summed E-state index contributed by atoms with van der Waals surface area (Å²) in [6.07, 6.45) is 3.25. The van der Waals surface area contributed by atoms with Gasteiger partial charge < -0.3 is 10.1 Å². The summed E-state index contributed by atoms with van der Waals surface area (Å²) >= 11 is 0. The molecule has 1 aromatic rings. The van der Waals surface area contributed by atoms with Gasteiger partial charge in [-0.3, -0.25) is 9.58 Å². The number of nitrogens with zero attached hydrogens (tertiary/aromatic N) is 3. The van der Waals surface area contributed by atoms with Crippen molar-refractivity contribution in [2.24, 2.45) is 0 Å². The van der Waals surface area contributed by atoms with Crippen molar-refractivity contribution < 1.29 is 4.74 Å². The Bertz CT molecular complexity index is 391. The van der Waals surface area contributed by atoms with Gasteiger partial charge in [0.15, 0.2) is 0 Å². The van der Waals surface area contributed by atoms with E-state index in [2.05, 4.69) is 48.3 Å². The van der Waals surface area contributed by atoms with Gasteiger partial charge in [-0.25, -0.2) is 0 Å². The minimum atomic E-state index is 0.426. The van der Waals surface area contributed by atoms with E-state index < -0.39 is 0 Å². The molecule has 1 N–H and O–H groups in total. The van der Waals surface area contributed by atoms with Gasteiger partial charge in [0.05, 0.1) is 18.9 Å². The number of nitrogens with one attached hydrogen (secondary N) is 1. The fourth-order valence-corrected chi connectivity index (χ4v) is 2.49. The maximum atomic E-state index is 5.62. The zero-order valence-corrected chi connectivity index (χ0v) is 13.0. The Morgan fingerprint density at radius 3 is 3.05 bits per heavy atom. The summed E-state index contributed by atoms with van der Waals surface area (Å²) < 4.78 is 7.64. The molecule has 0 radical (unpaired) electrons. The Morgan fingerprint density at radius 2 is 2.35 bits per heavy atom. The molecule has 114 valence electrons. The van der Waals surface area contributed by atoms with Gasteiger partial charge in [0.2, 0.25) is 0 Å². The SMILES string of the molecule is CCCNCC1COCCN1Cc1ccn(C(C)C)n1. The van der Waals surface area contributed by atoms with Crippen LogP contribution in [0.25, 0.3) is 0 Å². The zero-order valence-electron chi connectivity index (χ0n) is 13.0. The van der Waals surface area contributed by atoms with Gasteiger partial charge in [-0.15, -0.1) is 0 Å². The first kappa shape index (κ1) is 15.5. The largest absolute Gasteiger partial charge is 0.378 e. The number of hydrogen-bond donors (Lipinski definition) is 1. The molecule has 1 aromatic heterocycles. The average molecular weight is 280 g/mol. The van der Waals surface area contributed by atoms with Gasteiger partial charge in [0.25, 0.3) is 0 Å². The second kappa shape index (κ2) is 7.76. The van der Waals surface area contributed by atoms with Gasteiger partial charge in [0.1, 0.15) is 0 Å². The van der Waals surface area contributed by atoms with E-state index in [0.29, 0.717) is 12.1 Å². The van der Waals surface area contributed by atoms with Crippen LogP contribution in [0.3, 0.4) is 0 Å². The molecule has 5 nitrogen and oxygen atoms in total. The van der Waals surface area contributed by atoms with Gasteiger partial charge in [-0.1, -0.05) is 6.92 Å². The van der Waals surface area contributed by atoms with Crippen molar-refractivity contribution in [2.45, 2.75) is 45.8 Å². The first-order valence-electron chi connectivity index (χ1n) is 7.77. The average Bonchev–Trinajstić information content (AvgIpc) is 2.90. The molecule has 1 fully saturated rings. The second-order valence-electron chi connectivity index (χ2n) is 5.78. The van der Waals surface area contributed by atoms with E-state index in [1.54, 1.807) is 0 Å². The Hall–Kier alpha value is -0.910. The molecule has 20 heavy (non-hydrogen) atoms. The van der Waals surface area contributed by atoms with Crippen molar-refractivity contribution in [2.75, 3.05) is 32.8 Å². The summed E-state index contributed by atoms with van der Waals surface area (Å²) in [5.41, 5.74) is 1.15. The molecule has 1 aliphatic rings. The molecule has 1 unspecified atom stereocenters. The number of aromatic nitrogens is 2. The predicted octanol–water partition coefficient (Wildman–Crippen LogP) is 1.66. The fourth-order valence-electron chi connectivity index (χ4n) is 2.49. The molecule has 0 spiro atoms. The minimum Gasteiger partial charge on any atom is -0.378 e. The van der Waals surface area contributed by atoms with E-state index in [-0.39, 0.29) is 0 Å². The Labute approximate surface area is 122 Å². The highest BCUT2D eigenvalue weighted by molar-refractivity contribution is 5.00. The summed E-state index contributed by atoms with van der Waals surface area (Å²) in [6.45, 7) is 12.1. The van der Waals surface area contributed by atoms with E-state index in [1.807, 2.05) is 4.68 Å². The summed E-state index contributed by atoms with van der Waals surface area (Å²) in [4.78, 5) is 2.49. The summed E-state index contributed by atoms with van der Waals surface area (Å²) in [5, 5.41) is 8.15. The molecule has 1 saturated heterocycles. The van der Waals surface area contributed by atoms with Crippen LogP contribution in [0.4, 0.5) is 0 Å². The molecule has 1 aliphatic heterocycles. The Kier molecular flexibility index (Phi) is 6.01. The van der Waals surface area contributed by atoms with Crippen molar-refractivity contribution in [3.8, 4) is 0 Å². The molecule has 0 aromatic carbocycles. The van der Waals surface area contributed by atoms with Crippen molar-refractivity contribution in [1.82, 2.24) is 20.0 Å². The molecule has 0 aliphatic carbocycles. The van der Waals surface area contributed by atoms with Crippen molar-refractivity contribution in [1.29, 1.82) is 0 Å². The lowest BCUT2D eigenvalue weighted by molar-refractivity contribution is -0.0114. The minimum absolute atomic E-state index is 0.426. The highest BCUT2D eigenvalue weighted by Crippen LogP contribution is 2.12. The predicted molar refractivity (Wildman–Crippen MR) is 80.8 cm³/mol. The molecule has 0 saturated carbocycles. The summed E-state index contributed by atoms with van der Waals surface area (Å²) in [6, 6.07) is 3.02. The lowest BCUT2D eigenvalue weighted by atomic mass is 10.2. The van der Waals surface area contributed by atoms with E-state index >= 15 is 0 Å². The van der Waals surface area contributed by atoms with Crippen LogP contribution < -0.4 is 5.32 Å². The molecular formula is C15H28N4O. The first-order chi connectivity index (χ1) is 9.70. The molecule has 0 bridgehead atoms. The maximum Gasteiger partial charge on any atom is 0.0765 e. The van der Waals surface area contributed by atoms with Crippen LogP contribution in [0, 0.1) is 0 Å². The van der Waals surface area contributed by atoms with E-state index in [0.717, 1.165) is 45.1 Å². The third kappa shape index (κ3) is 4.30. The van der Waals surface area contributed by atoms with E-state index in [1.165, 1.54) is 6.42 Å². The Balaban J connectivity index is 1.90. The molecular weight excluding hydrogens is 252 g/mol. The first-order valence-corrected chi connectivity index (χ1v) is 7.77. The van der Waals surface area contributed by atoms with Crippen molar-refractivity contribution in [3.63, 3.8) is 0 Å². The fraction of sp³-hybridized carbons (Fsp3) is 0.800. The standard InChI is InChI=1S/C15H28N4O/c1-4-6-16-10-15-12-20-9-8-18(15)11-14-5-7-19(17-14)13(2)3/h5,7,13,15-16H,4,6,8-12H2,1-3H3. The monoisotopic (exact) mass is 280 g/mol. The lowest BCUT2D eigenvalue weighted by Crippen LogP contribution is -2.50. The highest BCUT2D eigenvalue weighted by Gasteiger charge is 2.23. The van der Waals surface area contributed by atoms with Crippen LogP contribution in [0.1, 0.15) is 38.9 Å². The number of ether oxygens (including phenoxy) is 1. The van der Waals surface area contributed by atoms with E-state index in [4.69, 9.17) is 4.74 Å². The van der Waals surface area contributed by atoms with Crippen LogP contribution in [0.5, 0.6) is 0 Å². The van der Waals surface area contributed by atoms with Crippen LogP contribution in [0.15, 0.2) is 12.3 Å². The molecule has 5 heteroatoms. The second-order valence-corrected chi connectivity index (χ2v) is 5.78. The van der Waals surface area contributed by atoms with Crippen LogP contribution in [-0.2, 0) is 11.3 Å². The van der Waals surface area contributed by atoms with E-state index in [9.17, 15) is 0 Å². The van der Waals surface area contributed by atoms with Crippen molar-refractivity contribution >= 4 is 0 Å². The Morgan fingerprint density at radius 1 is 1.50 bits per heavy atom. The maximum absolute atomic E-state index is 5.62. The van der Waals surface area contributed by atoms with Gasteiger partial charge in [0, 0.05) is 37.9 Å². The molecule has 2 rings (SSSR count). The number of rotatable bonds is 7. The summed E-state index contributed by atoms with van der Waals surface area (Å²) in [7, 11) is 0. The highest BCUT2D eigenvalue weighted by atomic mass is 16.5. The lowest BCUT2D eigenvalue weighted by Gasteiger charge is -2.35. The quantitative estimate of drug-likeness (QED) is 0.772. The van der Waals surface area contributed by atoms with Crippen LogP contribution >= 0.6 is 0 Å². The molecule has 2 heterocycles. The third-order valence-corrected chi connectivity index (χ3v) is 3.71. The smallest absolute Gasteiger partial charge is 0.0765 e. The normalized spacial score (nSPS) is 20.7. The third-order valence-electron chi connectivity index (χ3n) is 3.71. The van der Waals surface area contributed by atoms with Crippen LogP contribution in [0.2, 0.25) is 0 Å². The van der Waals surface area contributed by atoms with Gasteiger partial charge >= 0.3 is 0 Å². The zero-order chi connectivity index (χ0) is 14.4. The van der Waals surface area contributed by atoms with Gasteiger partial charge in [-0.05, 0) is 32.9 Å². The van der Waals surface area contributed by atoms with Crippen LogP contribution in [-0.4, -0.2) is 53.6 Å². The van der Waals surface area contributed by atoms with Crippen molar-refractivity contribution in [3.05, 3.63) is 18.0 Å². The molecule has 0 amide bonds.